The number of alkyl halides is 3. The van der Waals surface area contributed by atoms with Gasteiger partial charge in [-0.2, -0.15) is 13.2 Å². The fraction of sp³-hybridized carbons (Fsp3) is 0.412. The van der Waals surface area contributed by atoms with Gasteiger partial charge in [0, 0.05) is 24.4 Å². The number of hydrogen-bond acceptors (Lipinski definition) is 6. The molecular formula is C17H18F3N3O6S. The van der Waals surface area contributed by atoms with Crippen molar-refractivity contribution in [2.75, 3.05) is 18.8 Å². The molecule has 4 N–H and O–H groups in total. The molecule has 0 saturated carbocycles. The van der Waals surface area contributed by atoms with Gasteiger partial charge in [-0.25, -0.2) is 9.59 Å². The number of β-lactam (4-membered cyclic amide) rings is 1. The minimum absolute atomic E-state index is 0.0529. The zero-order valence-corrected chi connectivity index (χ0v) is 16.2. The summed E-state index contributed by atoms with van der Waals surface area (Å²) >= 11 is 1.42. The summed E-state index contributed by atoms with van der Waals surface area (Å²) in [7, 11) is 0. The van der Waals surface area contributed by atoms with Gasteiger partial charge in [0.05, 0.1) is 0 Å². The normalized spacial score (nSPS) is 24.9. The van der Waals surface area contributed by atoms with Crippen LogP contribution in [0.15, 0.2) is 35.6 Å². The number of amides is 2. The lowest BCUT2D eigenvalue weighted by molar-refractivity contribution is -0.192. The maximum Gasteiger partial charge on any atom is 0.490 e. The number of nitrogens with zero attached hydrogens (tertiary/aromatic N) is 2. The van der Waals surface area contributed by atoms with Crippen molar-refractivity contribution in [2.24, 2.45) is 5.73 Å². The first kappa shape index (κ1) is 23.5. The van der Waals surface area contributed by atoms with Crippen LogP contribution in [-0.4, -0.2) is 80.2 Å². The van der Waals surface area contributed by atoms with Crippen LogP contribution < -0.4 is 5.73 Å². The summed E-state index contributed by atoms with van der Waals surface area (Å²) in [6.45, 7) is 4.68. The molecule has 3 heterocycles. The van der Waals surface area contributed by atoms with E-state index >= 15 is 0 Å². The highest BCUT2D eigenvalue weighted by Crippen LogP contribution is 2.40. The Morgan fingerprint density at radius 1 is 1.30 bits per heavy atom. The third-order valence-corrected chi connectivity index (χ3v) is 5.72. The van der Waals surface area contributed by atoms with Crippen molar-refractivity contribution < 1.29 is 42.6 Å². The fourth-order valence-corrected chi connectivity index (χ4v) is 4.24. The van der Waals surface area contributed by atoms with Gasteiger partial charge in [0.15, 0.2) is 0 Å². The maximum atomic E-state index is 12.3. The van der Waals surface area contributed by atoms with E-state index in [4.69, 9.17) is 15.6 Å². The van der Waals surface area contributed by atoms with Crippen molar-refractivity contribution in [1.82, 2.24) is 9.80 Å². The van der Waals surface area contributed by atoms with Crippen molar-refractivity contribution in [3.8, 4) is 0 Å². The summed E-state index contributed by atoms with van der Waals surface area (Å²) in [5, 5.41) is 16.3. The van der Waals surface area contributed by atoms with Crippen molar-refractivity contribution in [3.63, 3.8) is 0 Å². The third-order valence-electron chi connectivity index (χ3n) is 4.39. The van der Waals surface area contributed by atoms with E-state index in [1.54, 1.807) is 17.1 Å². The van der Waals surface area contributed by atoms with Gasteiger partial charge in [-0.15, -0.1) is 18.3 Å². The molecule has 0 aromatic rings. The second kappa shape index (κ2) is 8.92. The zero-order valence-electron chi connectivity index (χ0n) is 15.4. The molecule has 3 rings (SSSR count). The highest BCUT2D eigenvalue weighted by Gasteiger charge is 2.51. The number of carbonyl (C=O) groups excluding carboxylic acids is 2. The summed E-state index contributed by atoms with van der Waals surface area (Å²) in [5.41, 5.74) is 6.71. The Morgan fingerprint density at radius 3 is 2.40 bits per heavy atom. The minimum Gasteiger partial charge on any atom is -0.477 e. The Hall–Kier alpha value is -2.80. The number of allylic oxidation sites excluding steroid dienone is 1. The molecule has 2 atom stereocenters. The first-order valence-corrected chi connectivity index (χ1v) is 9.52. The highest BCUT2D eigenvalue weighted by atomic mass is 32.2. The summed E-state index contributed by atoms with van der Waals surface area (Å²) in [5.74, 6) is -4.01. The van der Waals surface area contributed by atoms with Gasteiger partial charge in [0.1, 0.15) is 17.1 Å². The monoisotopic (exact) mass is 449 g/mol. The molecule has 9 nitrogen and oxygen atoms in total. The molecule has 2 amide bonds. The lowest BCUT2D eigenvalue weighted by Gasteiger charge is -2.47. The lowest BCUT2D eigenvalue weighted by atomic mass is 10.0. The molecule has 0 radical (unpaired) electrons. The number of halogens is 3. The van der Waals surface area contributed by atoms with E-state index < -0.39 is 24.2 Å². The van der Waals surface area contributed by atoms with Crippen molar-refractivity contribution >= 4 is 35.5 Å². The molecular weight excluding hydrogens is 431 g/mol. The molecule has 30 heavy (non-hydrogen) atoms. The first-order chi connectivity index (χ1) is 13.9. The smallest absolute Gasteiger partial charge is 0.477 e. The molecule has 0 spiro atoms. The van der Waals surface area contributed by atoms with Crippen LogP contribution in [0.3, 0.4) is 0 Å². The van der Waals surface area contributed by atoms with Crippen LogP contribution in [0.1, 0.15) is 6.42 Å². The van der Waals surface area contributed by atoms with E-state index in [2.05, 4.69) is 6.58 Å². The molecule has 2 saturated heterocycles. The summed E-state index contributed by atoms with van der Waals surface area (Å²) < 4.78 is 31.7. The number of carboxylic acid groups (broad SMARTS) is 2. The van der Waals surface area contributed by atoms with Gasteiger partial charge in [-0.05, 0) is 18.1 Å². The Bertz CT molecular complexity index is 854. The van der Waals surface area contributed by atoms with E-state index in [-0.39, 0.29) is 22.9 Å². The van der Waals surface area contributed by atoms with E-state index in [1.807, 2.05) is 0 Å². The van der Waals surface area contributed by atoms with Gasteiger partial charge < -0.3 is 20.8 Å². The first-order valence-electron chi connectivity index (χ1n) is 8.47. The Kier molecular flexibility index (Phi) is 6.98. The predicted molar refractivity (Wildman–Crippen MR) is 98.9 cm³/mol. The maximum absolute atomic E-state index is 12.3. The van der Waals surface area contributed by atoms with Crippen LogP contribution >= 0.6 is 11.8 Å². The van der Waals surface area contributed by atoms with Gasteiger partial charge in [-0.1, -0.05) is 6.08 Å². The molecule has 0 aromatic heterocycles. The lowest BCUT2D eigenvalue weighted by Crippen LogP contribution is -2.68. The molecule has 0 aromatic carbocycles. The van der Waals surface area contributed by atoms with Crippen LogP contribution in [0.4, 0.5) is 13.2 Å². The number of hydrogen-bond donors (Lipinski definition) is 3. The Balaban J connectivity index is 0.000000396. The molecule has 0 aliphatic carbocycles. The number of aliphatic carboxylic acids is 2. The van der Waals surface area contributed by atoms with Crippen molar-refractivity contribution in [3.05, 3.63) is 35.6 Å². The average molecular weight is 449 g/mol. The van der Waals surface area contributed by atoms with E-state index in [0.717, 1.165) is 0 Å². The number of nitrogens with two attached hydrogens (primary N) is 1. The molecule has 0 unspecified atom stereocenters. The summed E-state index contributed by atoms with van der Waals surface area (Å²) in [4.78, 5) is 47.5. The van der Waals surface area contributed by atoms with Gasteiger partial charge in [0.2, 0.25) is 11.8 Å². The second-order valence-corrected chi connectivity index (χ2v) is 7.48. The topological polar surface area (TPSA) is 141 Å². The molecule has 13 heteroatoms. The van der Waals surface area contributed by atoms with Crippen LogP contribution in [0.25, 0.3) is 0 Å². The van der Waals surface area contributed by atoms with Crippen molar-refractivity contribution in [1.29, 1.82) is 0 Å². The van der Waals surface area contributed by atoms with Crippen LogP contribution in [0, 0.1) is 0 Å². The SMILES string of the molecule is C=CCN1CCC(=CC2=C(C(=O)O)N3C(=O)[C@@H](N)[C@H]3SC2)C1=O.O=C(O)C(F)(F)F. The molecule has 2 fully saturated rings. The number of carboxylic acids is 2. The minimum atomic E-state index is -5.08. The number of rotatable bonds is 4. The van der Waals surface area contributed by atoms with Crippen LogP contribution in [0.2, 0.25) is 0 Å². The zero-order chi connectivity index (χ0) is 22.8. The van der Waals surface area contributed by atoms with Crippen LogP contribution in [0.5, 0.6) is 0 Å². The van der Waals surface area contributed by atoms with E-state index in [9.17, 15) is 32.7 Å². The number of likely N-dealkylation sites (tertiary alicyclic amines) is 1. The summed E-state index contributed by atoms with van der Waals surface area (Å²) in [6, 6.07) is -0.653. The molecule has 164 valence electrons. The van der Waals surface area contributed by atoms with Crippen LogP contribution in [-0.2, 0) is 19.2 Å². The predicted octanol–water partition coefficient (Wildman–Crippen LogP) is 0.546. The third kappa shape index (κ3) is 4.67. The molecule has 3 aliphatic rings. The van der Waals surface area contributed by atoms with Gasteiger partial charge in [0.25, 0.3) is 0 Å². The molecule has 3 aliphatic heterocycles. The Labute approximate surface area is 172 Å². The highest BCUT2D eigenvalue weighted by molar-refractivity contribution is 8.00. The molecule has 0 bridgehead atoms. The summed E-state index contributed by atoms with van der Waals surface area (Å²) in [6.07, 6.45) is -1.25. The Morgan fingerprint density at radius 2 is 1.90 bits per heavy atom. The quantitative estimate of drug-likeness (QED) is 0.321. The standard InChI is InChI=1S/C15H17N3O4S.C2HF3O2/c1-2-4-17-5-3-8(12(17)19)6-9-7-23-14-10(16)13(20)18(14)11(9)15(21)22;3-2(4,5)1(6)7/h2,6,10,14H,1,3-5,7,16H2,(H,21,22);(H,6,7)/t10-,14-;/m1./s1. The van der Waals surface area contributed by atoms with E-state index in [1.165, 1.54) is 16.7 Å². The average Bonchev–Trinajstić information content (AvgIpc) is 3.00. The fourth-order valence-electron chi connectivity index (χ4n) is 2.99. The number of thioether (sulfide) groups is 1. The van der Waals surface area contributed by atoms with Crippen molar-refractivity contribution in [2.45, 2.75) is 24.0 Å². The number of carbonyl (C=O) groups is 4. The van der Waals surface area contributed by atoms with E-state index in [0.29, 0.717) is 36.4 Å². The second-order valence-electron chi connectivity index (χ2n) is 6.38. The van der Waals surface area contributed by atoms with Gasteiger partial charge in [-0.3, -0.25) is 14.5 Å². The van der Waals surface area contributed by atoms with Gasteiger partial charge >= 0.3 is 18.1 Å². The number of fused-ring (bicyclic) bond motifs is 1. The largest absolute Gasteiger partial charge is 0.490 e.